The van der Waals surface area contributed by atoms with Gasteiger partial charge in [-0.2, -0.15) is 0 Å². The zero-order valence-electron chi connectivity index (χ0n) is 10.7. The number of aryl methyl sites for hydroxylation is 1. The second-order valence-corrected chi connectivity index (χ2v) is 5.22. The Bertz CT molecular complexity index is 493. The van der Waals surface area contributed by atoms with E-state index in [0.717, 1.165) is 16.9 Å². The van der Waals surface area contributed by atoms with Gasteiger partial charge < -0.3 is 10.4 Å². The fraction of sp³-hybridized carbons (Fsp3) is 0.357. The van der Waals surface area contributed by atoms with Gasteiger partial charge in [0, 0.05) is 17.2 Å². The average Bonchev–Trinajstić information content (AvgIpc) is 2.78. The fourth-order valence-corrected chi connectivity index (χ4v) is 2.75. The highest BCUT2D eigenvalue weighted by atomic mass is 32.1. The van der Waals surface area contributed by atoms with Crippen LogP contribution >= 0.6 is 11.3 Å². The summed E-state index contributed by atoms with van der Waals surface area (Å²) in [6.07, 6.45) is 0.712. The number of anilines is 1. The molecule has 18 heavy (non-hydrogen) atoms. The van der Waals surface area contributed by atoms with Crippen LogP contribution in [0.15, 0.2) is 29.8 Å². The number of hydrogen-bond acceptors (Lipinski definition) is 4. The van der Waals surface area contributed by atoms with Gasteiger partial charge in [-0.25, -0.2) is 4.98 Å². The van der Waals surface area contributed by atoms with E-state index in [2.05, 4.69) is 29.4 Å². The highest BCUT2D eigenvalue weighted by molar-refractivity contribution is 7.09. The zero-order valence-corrected chi connectivity index (χ0v) is 11.5. The van der Waals surface area contributed by atoms with Crippen LogP contribution < -0.4 is 5.32 Å². The van der Waals surface area contributed by atoms with Crippen LogP contribution in [0.5, 0.6) is 0 Å². The molecule has 0 fully saturated rings. The monoisotopic (exact) mass is 262 g/mol. The number of nitrogens with one attached hydrogen (secondary N) is 1. The Kier molecular flexibility index (Phi) is 4.33. The number of aliphatic hydroxyl groups excluding tert-OH is 1. The molecule has 2 rings (SSSR count). The topological polar surface area (TPSA) is 45.2 Å². The van der Waals surface area contributed by atoms with Crippen molar-refractivity contribution in [2.75, 3.05) is 11.9 Å². The van der Waals surface area contributed by atoms with Gasteiger partial charge in [0.05, 0.1) is 17.2 Å². The highest BCUT2D eigenvalue weighted by Crippen LogP contribution is 2.25. The van der Waals surface area contributed by atoms with E-state index in [1.54, 1.807) is 11.3 Å². The van der Waals surface area contributed by atoms with Gasteiger partial charge in [-0.05, 0) is 38.0 Å². The number of nitrogens with zero attached hydrogens (tertiary/aromatic N) is 1. The molecule has 1 aromatic carbocycles. The second kappa shape index (κ2) is 5.98. The lowest BCUT2D eigenvalue weighted by atomic mass is 10.1. The summed E-state index contributed by atoms with van der Waals surface area (Å²) in [5.74, 6) is 0. The van der Waals surface area contributed by atoms with E-state index in [4.69, 9.17) is 5.11 Å². The number of thiazole rings is 1. The molecular formula is C14H18N2OS. The molecule has 96 valence electrons. The Labute approximate surface area is 112 Å². The van der Waals surface area contributed by atoms with E-state index in [-0.39, 0.29) is 12.6 Å². The van der Waals surface area contributed by atoms with Gasteiger partial charge in [0.25, 0.3) is 0 Å². The molecule has 2 N–H and O–H groups in total. The Morgan fingerprint density at radius 1 is 1.33 bits per heavy atom. The van der Waals surface area contributed by atoms with E-state index >= 15 is 0 Å². The summed E-state index contributed by atoms with van der Waals surface area (Å²) in [6.45, 7) is 4.37. The molecular weight excluding hydrogens is 244 g/mol. The molecule has 1 unspecified atom stereocenters. The molecule has 4 heteroatoms. The number of rotatable bonds is 5. The third-order valence-corrected chi connectivity index (χ3v) is 4.03. The first-order chi connectivity index (χ1) is 8.70. The summed E-state index contributed by atoms with van der Waals surface area (Å²) in [5, 5.41) is 12.3. The Morgan fingerprint density at radius 2 is 2.06 bits per heavy atom. The zero-order chi connectivity index (χ0) is 13.0. The maximum absolute atomic E-state index is 8.87. The SMILES string of the molecule is Cc1ncsc1C(C)Nc1ccc(CCO)cc1. The quantitative estimate of drug-likeness (QED) is 0.870. The van der Waals surface area contributed by atoms with Crippen LogP contribution in [0, 0.1) is 6.92 Å². The van der Waals surface area contributed by atoms with E-state index in [9.17, 15) is 0 Å². The molecule has 1 aromatic heterocycles. The van der Waals surface area contributed by atoms with Crippen LogP contribution in [0.3, 0.4) is 0 Å². The number of hydrogen-bond donors (Lipinski definition) is 2. The lowest BCUT2D eigenvalue weighted by Gasteiger charge is -2.14. The highest BCUT2D eigenvalue weighted by Gasteiger charge is 2.10. The number of aliphatic hydroxyl groups is 1. The molecule has 0 radical (unpaired) electrons. The van der Waals surface area contributed by atoms with Gasteiger partial charge in [0.1, 0.15) is 0 Å². The van der Waals surface area contributed by atoms with Crippen molar-refractivity contribution in [1.29, 1.82) is 0 Å². The molecule has 0 spiro atoms. The molecule has 1 atom stereocenters. The lowest BCUT2D eigenvalue weighted by molar-refractivity contribution is 0.299. The van der Waals surface area contributed by atoms with Crippen molar-refractivity contribution in [3.8, 4) is 0 Å². The van der Waals surface area contributed by atoms with Crippen LogP contribution in [0.25, 0.3) is 0 Å². The summed E-state index contributed by atoms with van der Waals surface area (Å²) in [7, 11) is 0. The molecule has 0 aliphatic rings. The lowest BCUT2D eigenvalue weighted by Crippen LogP contribution is -2.06. The first-order valence-corrected chi connectivity index (χ1v) is 6.95. The van der Waals surface area contributed by atoms with Gasteiger partial charge in [-0.3, -0.25) is 0 Å². The third kappa shape index (κ3) is 3.09. The number of benzene rings is 1. The predicted octanol–water partition coefficient (Wildman–Crippen LogP) is 3.16. The van der Waals surface area contributed by atoms with Crippen LogP contribution in [0.2, 0.25) is 0 Å². The van der Waals surface area contributed by atoms with Crippen molar-refractivity contribution in [2.45, 2.75) is 26.3 Å². The van der Waals surface area contributed by atoms with Gasteiger partial charge in [-0.15, -0.1) is 11.3 Å². The Hall–Kier alpha value is -1.39. The fourth-order valence-electron chi connectivity index (χ4n) is 1.94. The van der Waals surface area contributed by atoms with Crippen molar-refractivity contribution in [3.05, 3.63) is 45.9 Å². The van der Waals surface area contributed by atoms with Crippen molar-refractivity contribution >= 4 is 17.0 Å². The predicted molar refractivity (Wildman–Crippen MR) is 76.1 cm³/mol. The maximum Gasteiger partial charge on any atom is 0.0798 e. The molecule has 2 aromatic rings. The molecule has 0 bridgehead atoms. The number of aromatic nitrogens is 1. The molecule has 0 aliphatic heterocycles. The summed E-state index contributed by atoms with van der Waals surface area (Å²) in [6, 6.07) is 8.46. The van der Waals surface area contributed by atoms with Crippen LogP contribution in [0.1, 0.15) is 29.1 Å². The van der Waals surface area contributed by atoms with Gasteiger partial charge in [0.2, 0.25) is 0 Å². The summed E-state index contributed by atoms with van der Waals surface area (Å²) < 4.78 is 0. The molecule has 1 heterocycles. The smallest absolute Gasteiger partial charge is 0.0798 e. The minimum absolute atomic E-state index is 0.198. The van der Waals surface area contributed by atoms with Crippen LogP contribution in [-0.4, -0.2) is 16.7 Å². The molecule has 0 saturated carbocycles. The molecule has 0 aliphatic carbocycles. The molecule has 3 nitrogen and oxygen atoms in total. The average molecular weight is 262 g/mol. The molecule has 0 amide bonds. The minimum Gasteiger partial charge on any atom is -0.396 e. The summed E-state index contributed by atoms with van der Waals surface area (Å²) in [5.41, 5.74) is 5.23. The summed E-state index contributed by atoms with van der Waals surface area (Å²) >= 11 is 1.68. The van der Waals surface area contributed by atoms with Crippen LogP contribution in [-0.2, 0) is 6.42 Å². The second-order valence-electron chi connectivity index (χ2n) is 4.34. The van der Waals surface area contributed by atoms with Crippen molar-refractivity contribution < 1.29 is 5.11 Å². The first-order valence-electron chi connectivity index (χ1n) is 6.07. The van der Waals surface area contributed by atoms with Crippen molar-refractivity contribution in [2.24, 2.45) is 0 Å². The van der Waals surface area contributed by atoms with E-state index < -0.39 is 0 Å². The third-order valence-electron chi connectivity index (χ3n) is 2.91. The summed E-state index contributed by atoms with van der Waals surface area (Å²) in [4.78, 5) is 5.54. The van der Waals surface area contributed by atoms with E-state index in [1.165, 1.54) is 4.88 Å². The van der Waals surface area contributed by atoms with Crippen molar-refractivity contribution in [1.82, 2.24) is 4.98 Å². The van der Waals surface area contributed by atoms with Gasteiger partial charge in [0.15, 0.2) is 0 Å². The normalized spacial score (nSPS) is 12.4. The van der Waals surface area contributed by atoms with E-state index in [0.29, 0.717) is 6.42 Å². The maximum atomic E-state index is 8.87. The Balaban J connectivity index is 2.03. The van der Waals surface area contributed by atoms with E-state index in [1.807, 2.05) is 24.6 Å². The van der Waals surface area contributed by atoms with Gasteiger partial charge >= 0.3 is 0 Å². The minimum atomic E-state index is 0.198. The first kappa shape index (κ1) is 13.1. The van der Waals surface area contributed by atoms with Crippen LogP contribution in [0.4, 0.5) is 5.69 Å². The molecule has 0 saturated heterocycles. The standard InChI is InChI=1S/C14H18N2OS/c1-10-14(18-9-15-10)11(2)16-13-5-3-12(4-6-13)7-8-17/h3-6,9,11,16-17H,7-8H2,1-2H3. The largest absolute Gasteiger partial charge is 0.396 e. The van der Waals surface area contributed by atoms with Crippen molar-refractivity contribution in [3.63, 3.8) is 0 Å². The Morgan fingerprint density at radius 3 is 2.61 bits per heavy atom. The van der Waals surface area contributed by atoms with Gasteiger partial charge in [-0.1, -0.05) is 12.1 Å².